The van der Waals surface area contributed by atoms with Crippen molar-refractivity contribution in [1.82, 2.24) is 19.9 Å². The summed E-state index contributed by atoms with van der Waals surface area (Å²) < 4.78 is 18.4. The SMILES string of the molecule is COCC[S+]([O-])c1sc2nc(-c3cnc(NCCO)nc3)nc(-c3ccccc3)c2c1N. The second-order valence-corrected chi connectivity index (χ2v) is 9.50. The number of aliphatic hydroxyl groups excluding tert-OH is 1. The van der Waals surface area contributed by atoms with Crippen LogP contribution in [0.15, 0.2) is 46.9 Å². The molecule has 0 fully saturated rings. The first-order valence-electron chi connectivity index (χ1n) is 9.82. The van der Waals surface area contributed by atoms with Crippen LogP contribution >= 0.6 is 11.3 Å². The molecule has 0 aliphatic heterocycles. The summed E-state index contributed by atoms with van der Waals surface area (Å²) in [5.74, 6) is 1.20. The molecule has 0 radical (unpaired) electrons. The van der Waals surface area contributed by atoms with E-state index in [1.807, 2.05) is 30.3 Å². The molecular weight excluding hydrogens is 448 g/mol. The number of nitrogens with one attached hydrogen (secondary N) is 1. The Morgan fingerprint density at radius 3 is 2.59 bits per heavy atom. The van der Waals surface area contributed by atoms with Crippen molar-refractivity contribution in [2.75, 3.05) is 43.7 Å². The van der Waals surface area contributed by atoms with Crippen molar-refractivity contribution in [1.29, 1.82) is 0 Å². The minimum absolute atomic E-state index is 0.0147. The van der Waals surface area contributed by atoms with Crippen LogP contribution in [0.4, 0.5) is 11.6 Å². The molecule has 32 heavy (non-hydrogen) atoms. The predicted octanol–water partition coefficient (Wildman–Crippen LogP) is 2.56. The number of methoxy groups -OCH3 is 1. The Labute approximate surface area is 191 Å². The lowest BCUT2D eigenvalue weighted by Gasteiger charge is -2.09. The van der Waals surface area contributed by atoms with Gasteiger partial charge >= 0.3 is 0 Å². The van der Waals surface area contributed by atoms with Gasteiger partial charge in [0, 0.05) is 42.8 Å². The second kappa shape index (κ2) is 10.2. The Kier molecular flexibility index (Phi) is 7.12. The maximum Gasteiger partial charge on any atom is 0.232 e. The van der Waals surface area contributed by atoms with Gasteiger partial charge in [0.15, 0.2) is 5.82 Å². The Morgan fingerprint density at radius 2 is 1.91 bits per heavy atom. The number of ether oxygens (including phenoxy) is 1. The van der Waals surface area contributed by atoms with Crippen LogP contribution < -0.4 is 11.1 Å². The molecule has 0 amide bonds. The largest absolute Gasteiger partial charge is 0.611 e. The molecule has 3 aromatic heterocycles. The zero-order valence-corrected chi connectivity index (χ0v) is 18.9. The molecule has 9 nitrogen and oxygen atoms in total. The highest BCUT2D eigenvalue weighted by Crippen LogP contribution is 2.41. The highest BCUT2D eigenvalue weighted by atomic mass is 32.2. The number of nitrogens with two attached hydrogens (primary N) is 1. The van der Waals surface area contributed by atoms with Crippen LogP contribution in [0.3, 0.4) is 0 Å². The van der Waals surface area contributed by atoms with Crippen LogP contribution in [0, 0.1) is 0 Å². The van der Waals surface area contributed by atoms with Crippen molar-refractivity contribution >= 4 is 44.4 Å². The third kappa shape index (κ3) is 4.66. The molecule has 11 heteroatoms. The standard InChI is InChI=1S/C21H22N6O3S2/c1-30-9-10-32(29)20-16(22)15-17(13-5-3-2-4-6-13)26-18(27-19(15)31-20)14-11-24-21(25-12-14)23-7-8-28/h2-6,11-12,28H,7-10,22H2,1H3,(H,23,24,25). The monoisotopic (exact) mass is 470 g/mol. The van der Waals surface area contributed by atoms with Gasteiger partial charge in [-0.05, 0) is 0 Å². The topological polar surface area (TPSA) is 142 Å². The summed E-state index contributed by atoms with van der Waals surface area (Å²) in [5.41, 5.74) is 9.06. The third-order valence-electron chi connectivity index (χ3n) is 4.59. The smallest absolute Gasteiger partial charge is 0.232 e. The van der Waals surface area contributed by atoms with E-state index in [2.05, 4.69) is 20.3 Å². The second-order valence-electron chi connectivity index (χ2n) is 6.73. The van der Waals surface area contributed by atoms with Crippen LogP contribution in [0.25, 0.3) is 32.9 Å². The van der Waals surface area contributed by atoms with Crippen molar-refractivity contribution in [3.63, 3.8) is 0 Å². The summed E-state index contributed by atoms with van der Waals surface area (Å²) in [6.07, 6.45) is 3.24. The van der Waals surface area contributed by atoms with Gasteiger partial charge in [-0.15, -0.1) is 0 Å². The van der Waals surface area contributed by atoms with Crippen molar-refractivity contribution in [3.05, 3.63) is 42.7 Å². The summed E-state index contributed by atoms with van der Waals surface area (Å²) >= 11 is -0.000814. The van der Waals surface area contributed by atoms with Crippen LogP contribution in [-0.4, -0.2) is 62.2 Å². The molecule has 0 aliphatic carbocycles. The number of aliphatic hydroxyl groups is 1. The molecule has 0 saturated heterocycles. The van der Waals surface area contributed by atoms with Crippen LogP contribution in [0.2, 0.25) is 0 Å². The molecule has 1 aromatic carbocycles. The quantitative estimate of drug-likeness (QED) is 0.315. The van der Waals surface area contributed by atoms with Crippen LogP contribution in [0.5, 0.6) is 0 Å². The van der Waals surface area contributed by atoms with E-state index >= 15 is 0 Å². The van der Waals surface area contributed by atoms with E-state index in [1.54, 1.807) is 19.5 Å². The minimum Gasteiger partial charge on any atom is -0.611 e. The maximum absolute atomic E-state index is 12.8. The van der Waals surface area contributed by atoms with Gasteiger partial charge < -0.3 is 25.4 Å². The van der Waals surface area contributed by atoms with E-state index in [9.17, 15) is 4.55 Å². The van der Waals surface area contributed by atoms with Gasteiger partial charge in [0.2, 0.25) is 10.2 Å². The molecule has 4 rings (SSSR count). The number of anilines is 2. The lowest BCUT2D eigenvalue weighted by atomic mass is 10.1. The van der Waals surface area contributed by atoms with E-state index in [1.165, 1.54) is 11.3 Å². The van der Waals surface area contributed by atoms with E-state index < -0.39 is 11.2 Å². The minimum atomic E-state index is -1.30. The Bertz CT molecular complexity index is 1190. The van der Waals surface area contributed by atoms with Crippen molar-refractivity contribution in [2.24, 2.45) is 0 Å². The number of fused-ring (bicyclic) bond motifs is 1. The maximum atomic E-state index is 12.8. The number of hydrogen-bond acceptors (Lipinski definition) is 10. The average Bonchev–Trinajstić information content (AvgIpc) is 3.18. The fourth-order valence-corrected chi connectivity index (χ4v) is 5.60. The van der Waals surface area contributed by atoms with Crippen LogP contribution in [-0.2, 0) is 15.9 Å². The molecule has 0 bridgehead atoms. The highest BCUT2D eigenvalue weighted by molar-refractivity contribution is 7.93. The van der Waals surface area contributed by atoms with Gasteiger partial charge in [-0.2, -0.15) is 0 Å². The Hall–Kier alpha value is -2.83. The lowest BCUT2D eigenvalue weighted by molar-refractivity contribution is 0.217. The summed E-state index contributed by atoms with van der Waals surface area (Å²) in [5, 5.41) is 12.5. The number of rotatable bonds is 9. The fraction of sp³-hybridized carbons (Fsp3) is 0.238. The zero-order valence-electron chi connectivity index (χ0n) is 17.3. The number of nitrogen functional groups attached to an aromatic ring is 1. The summed E-state index contributed by atoms with van der Waals surface area (Å²) in [6, 6.07) is 9.67. The van der Waals surface area contributed by atoms with Gasteiger partial charge in [-0.25, -0.2) is 19.9 Å². The Morgan fingerprint density at radius 1 is 1.16 bits per heavy atom. The van der Waals surface area contributed by atoms with Crippen molar-refractivity contribution in [2.45, 2.75) is 4.21 Å². The first-order chi connectivity index (χ1) is 15.6. The molecule has 166 valence electrons. The van der Waals surface area contributed by atoms with E-state index in [-0.39, 0.29) is 6.61 Å². The summed E-state index contributed by atoms with van der Waals surface area (Å²) in [7, 11) is 1.57. The first-order valence-corrected chi connectivity index (χ1v) is 12.0. The molecule has 4 aromatic rings. The molecule has 0 aliphatic rings. The lowest BCUT2D eigenvalue weighted by Crippen LogP contribution is -2.11. The number of aromatic nitrogens is 4. The van der Waals surface area contributed by atoms with Gasteiger partial charge in [0.1, 0.15) is 16.3 Å². The Balaban J connectivity index is 1.83. The fourth-order valence-electron chi connectivity index (χ4n) is 3.06. The molecule has 0 saturated carbocycles. The molecule has 3 heterocycles. The molecular formula is C21H22N6O3S2. The van der Waals surface area contributed by atoms with E-state index in [0.717, 1.165) is 5.56 Å². The normalized spacial score (nSPS) is 12.2. The zero-order chi connectivity index (χ0) is 22.5. The first kappa shape index (κ1) is 22.4. The number of benzene rings is 1. The van der Waals surface area contributed by atoms with Crippen molar-refractivity contribution in [3.8, 4) is 22.6 Å². The predicted molar refractivity (Wildman–Crippen MR) is 127 cm³/mol. The number of hydrogen-bond donors (Lipinski definition) is 3. The number of thiophene rings is 1. The average molecular weight is 471 g/mol. The van der Waals surface area contributed by atoms with Gasteiger partial charge in [-0.1, -0.05) is 41.7 Å². The molecule has 0 spiro atoms. The molecule has 1 atom stereocenters. The molecule has 4 N–H and O–H groups in total. The van der Waals surface area contributed by atoms with Gasteiger partial charge in [0.25, 0.3) is 0 Å². The van der Waals surface area contributed by atoms with E-state index in [4.69, 9.17) is 20.6 Å². The van der Waals surface area contributed by atoms with Crippen LogP contribution in [0.1, 0.15) is 0 Å². The van der Waals surface area contributed by atoms with Gasteiger partial charge in [0.05, 0.1) is 29.9 Å². The highest BCUT2D eigenvalue weighted by Gasteiger charge is 2.25. The number of nitrogens with zero attached hydrogens (tertiary/aromatic N) is 4. The van der Waals surface area contributed by atoms with Crippen molar-refractivity contribution < 1.29 is 14.4 Å². The third-order valence-corrected chi connectivity index (χ3v) is 7.46. The summed E-state index contributed by atoms with van der Waals surface area (Å²) in [6.45, 7) is 0.716. The molecule has 1 unspecified atom stereocenters. The summed E-state index contributed by atoms with van der Waals surface area (Å²) in [4.78, 5) is 18.6. The van der Waals surface area contributed by atoms with E-state index in [0.29, 0.717) is 62.0 Å². The van der Waals surface area contributed by atoms with Gasteiger partial charge in [-0.3, -0.25) is 0 Å².